The maximum absolute atomic E-state index is 10.7. The van der Waals surface area contributed by atoms with Crippen LogP contribution in [0, 0.1) is 18.3 Å². The second-order valence-electron chi connectivity index (χ2n) is 2.27. The summed E-state index contributed by atoms with van der Waals surface area (Å²) >= 11 is 0. The van der Waals surface area contributed by atoms with E-state index in [2.05, 4.69) is 5.92 Å². The molecule has 0 unspecified atom stereocenters. The van der Waals surface area contributed by atoms with Crippen LogP contribution in [0.1, 0.15) is 6.42 Å². The Morgan fingerprint density at radius 1 is 1.56 bits per heavy atom. The number of terminal acetylenes is 1. The summed E-state index contributed by atoms with van der Waals surface area (Å²) in [7, 11) is -2.75. The average Bonchev–Trinajstić information content (AvgIpc) is 2.10. The summed E-state index contributed by atoms with van der Waals surface area (Å²) in [5.41, 5.74) is 0. The van der Waals surface area contributed by atoms with Gasteiger partial charge in [-0.2, -0.15) is 0 Å². The lowest BCUT2D eigenvalue weighted by Gasteiger charge is -1.90. The van der Waals surface area contributed by atoms with E-state index in [1.165, 1.54) is 0 Å². The minimum Gasteiger partial charge on any atom is -0.229 e. The quantitative estimate of drug-likeness (QED) is 0.450. The fourth-order valence-electron chi connectivity index (χ4n) is 0.926. The molecule has 0 amide bonds. The zero-order valence-electron chi connectivity index (χ0n) is 5.00. The Kier molecular flexibility index (Phi) is 1.50. The summed E-state index contributed by atoms with van der Waals surface area (Å²) in [5, 5.41) is 0. The summed E-state index contributed by atoms with van der Waals surface area (Å²) in [6.07, 6.45) is 5.69. The minimum atomic E-state index is -2.75. The summed E-state index contributed by atoms with van der Waals surface area (Å²) in [5.74, 6) is 2.90. The first-order chi connectivity index (χ1) is 4.14. The zero-order valence-corrected chi connectivity index (χ0v) is 5.82. The highest BCUT2D eigenvalue weighted by Gasteiger charge is 2.25. The Hall–Kier alpha value is -0.490. The summed E-state index contributed by atoms with van der Waals surface area (Å²) in [6.45, 7) is 0. The van der Waals surface area contributed by atoms with E-state index in [0.717, 1.165) is 0 Å². The van der Waals surface area contributed by atoms with E-state index >= 15 is 0 Å². The molecular formula is C6H8O2S. The van der Waals surface area contributed by atoms with Crippen LogP contribution in [0.25, 0.3) is 0 Å². The predicted octanol–water partition coefficient (Wildman–Crippen LogP) is 0.0543. The third-order valence-corrected chi connectivity index (χ3v) is 3.24. The molecule has 1 saturated heterocycles. The van der Waals surface area contributed by atoms with E-state index in [0.29, 0.717) is 6.42 Å². The van der Waals surface area contributed by atoms with Crippen molar-refractivity contribution in [3.63, 3.8) is 0 Å². The fourth-order valence-corrected chi connectivity index (χ4v) is 2.61. The monoisotopic (exact) mass is 144 g/mol. The molecule has 0 aliphatic carbocycles. The largest absolute Gasteiger partial charge is 0.229 e. The SMILES string of the molecule is C#C[C@@H]1CCS(=O)(=O)C1. The van der Waals surface area contributed by atoms with Crippen molar-refractivity contribution < 1.29 is 8.42 Å². The molecule has 0 radical (unpaired) electrons. The van der Waals surface area contributed by atoms with Crippen molar-refractivity contribution in [2.45, 2.75) is 6.42 Å². The standard InChI is InChI=1S/C6H8O2S/c1-2-6-3-4-9(7,8)5-6/h1,6H,3-5H2/t6-/m1/s1. The van der Waals surface area contributed by atoms with Gasteiger partial charge in [0.15, 0.2) is 9.84 Å². The molecule has 2 nitrogen and oxygen atoms in total. The van der Waals surface area contributed by atoms with Gasteiger partial charge in [-0.15, -0.1) is 12.3 Å². The van der Waals surface area contributed by atoms with Gasteiger partial charge >= 0.3 is 0 Å². The second-order valence-corrected chi connectivity index (χ2v) is 4.50. The number of hydrogen-bond acceptors (Lipinski definition) is 2. The average molecular weight is 144 g/mol. The Bertz CT molecular complexity index is 232. The fraction of sp³-hybridized carbons (Fsp3) is 0.667. The molecule has 0 saturated carbocycles. The first-order valence-electron chi connectivity index (χ1n) is 2.80. The lowest BCUT2D eigenvalue weighted by atomic mass is 10.1. The van der Waals surface area contributed by atoms with Gasteiger partial charge in [-0.05, 0) is 6.42 Å². The van der Waals surface area contributed by atoms with Gasteiger partial charge in [-0.3, -0.25) is 0 Å². The molecule has 9 heavy (non-hydrogen) atoms. The van der Waals surface area contributed by atoms with E-state index in [-0.39, 0.29) is 17.4 Å². The maximum atomic E-state index is 10.7. The molecule has 1 atom stereocenters. The van der Waals surface area contributed by atoms with Crippen molar-refractivity contribution in [2.24, 2.45) is 5.92 Å². The van der Waals surface area contributed by atoms with Crippen molar-refractivity contribution in [3.8, 4) is 12.3 Å². The van der Waals surface area contributed by atoms with Crippen molar-refractivity contribution in [1.82, 2.24) is 0 Å². The highest BCUT2D eigenvalue weighted by atomic mass is 32.2. The number of hydrogen-bond donors (Lipinski definition) is 0. The van der Waals surface area contributed by atoms with Gasteiger partial charge in [0.1, 0.15) is 0 Å². The second kappa shape index (κ2) is 2.03. The van der Waals surface area contributed by atoms with Crippen LogP contribution in [-0.4, -0.2) is 19.9 Å². The smallest absolute Gasteiger partial charge is 0.151 e. The summed E-state index contributed by atoms with van der Waals surface area (Å²) in [4.78, 5) is 0. The van der Waals surface area contributed by atoms with E-state index in [9.17, 15) is 8.42 Å². The van der Waals surface area contributed by atoms with Crippen LogP contribution >= 0.6 is 0 Å². The molecule has 1 aliphatic heterocycles. The third kappa shape index (κ3) is 1.46. The van der Waals surface area contributed by atoms with Gasteiger partial charge in [-0.25, -0.2) is 8.42 Å². The maximum Gasteiger partial charge on any atom is 0.151 e. The van der Waals surface area contributed by atoms with E-state index in [4.69, 9.17) is 6.42 Å². The third-order valence-electron chi connectivity index (χ3n) is 1.47. The van der Waals surface area contributed by atoms with Crippen LogP contribution in [0.2, 0.25) is 0 Å². The van der Waals surface area contributed by atoms with Gasteiger partial charge in [-0.1, -0.05) is 0 Å². The van der Waals surface area contributed by atoms with Crippen LogP contribution in [0.5, 0.6) is 0 Å². The van der Waals surface area contributed by atoms with Gasteiger partial charge in [0.25, 0.3) is 0 Å². The molecular weight excluding hydrogens is 136 g/mol. The molecule has 1 aliphatic rings. The molecule has 0 aromatic rings. The lowest BCUT2D eigenvalue weighted by molar-refractivity contribution is 0.601. The topological polar surface area (TPSA) is 34.1 Å². The van der Waals surface area contributed by atoms with E-state index in [1.54, 1.807) is 0 Å². The molecule has 0 N–H and O–H groups in total. The van der Waals surface area contributed by atoms with Crippen molar-refractivity contribution in [3.05, 3.63) is 0 Å². The van der Waals surface area contributed by atoms with Gasteiger partial charge in [0.05, 0.1) is 11.5 Å². The Morgan fingerprint density at radius 3 is 2.44 bits per heavy atom. The molecule has 1 rings (SSSR count). The van der Waals surface area contributed by atoms with Crippen LogP contribution in [0.3, 0.4) is 0 Å². The Morgan fingerprint density at radius 2 is 2.22 bits per heavy atom. The van der Waals surface area contributed by atoms with Crippen molar-refractivity contribution in [1.29, 1.82) is 0 Å². The highest BCUT2D eigenvalue weighted by molar-refractivity contribution is 7.91. The lowest BCUT2D eigenvalue weighted by Crippen LogP contribution is -2.02. The molecule has 0 bridgehead atoms. The van der Waals surface area contributed by atoms with Crippen LogP contribution in [0.4, 0.5) is 0 Å². The van der Waals surface area contributed by atoms with E-state index < -0.39 is 9.84 Å². The van der Waals surface area contributed by atoms with Crippen LogP contribution in [-0.2, 0) is 9.84 Å². The summed E-state index contributed by atoms with van der Waals surface area (Å²) in [6, 6.07) is 0. The van der Waals surface area contributed by atoms with Crippen LogP contribution < -0.4 is 0 Å². The van der Waals surface area contributed by atoms with E-state index in [1.807, 2.05) is 0 Å². The molecule has 0 aromatic heterocycles. The molecule has 0 aromatic carbocycles. The Balaban J connectivity index is 2.72. The normalized spacial score (nSPS) is 31.7. The zero-order chi connectivity index (χ0) is 6.91. The Labute approximate surface area is 55.2 Å². The summed E-state index contributed by atoms with van der Waals surface area (Å²) < 4.78 is 21.4. The number of rotatable bonds is 0. The number of sulfone groups is 1. The molecule has 1 fully saturated rings. The molecule has 50 valence electrons. The van der Waals surface area contributed by atoms with Crippen molar-refractivity contribution >= 4 is 9.84 Å². The van der Waals surface area contributed by atoms with Crippen molar-refractivity contribution in [2.75, 3.05) is 11.5 Å². The first-order valence-corrected chi connectivity index (χ1v) is 4.63. The predicted molar refractivity (Wildman–Crippen MR) is 35.6 cm³/mol. The highest BCUT2D eigenvalue weighted by Crippen LogP contribution is 2.16. The minimum absolute atomic E-state index is 0.0185. The molecule has 0 spiro atoms. The van der Waals surface area contributed by atoms with Gasteiger partial charge < -0.3 is 0 Å². The molecule has 1 heterocycles. The van der Waals surface area contributed by atoms with Gasteiger partial charge in [0.2, 0.25) is 0 Å². The van der Waals surface area contributed by atoms with Gasteiger partial charge in [0, 0.05) is 5.92 Å². The van der Waals surface area contributed by atoms with Crippen LogP contribution in [0.15, 0.2) is 0 Å². The first kappa shape index (κ1) is 6.63. The molecule has 3 heteroatoms.